The summed E-state index contributed by atoms with van der Waals surface area (Å²) in [4.78, 5) is 14.7. The van der Waals surface area contributed by atoms with E-state index in [9.17, 15) is 4.79 Å². The highest BCUT2D eigenvalue weighted by Gasteiger charge is 2.16. The summed E-state index contributed by atoms with van der Waals surface area (Å²) in [6, 6.07) is 9.48. The molecule has 1 fully saturated rings. The van der Waals surface area contributed by atoms with Crippen molar-refractivity contribution in [2.45, 2.75) is 6.92 Å². The zero-order valence-electron chi connectivity index (χ0n) is 13.3. The number of benzene rings is 1. The third-order valence-corrected chi connectivity index (χ3v) is 5.41. The van der Waals surface area contributed by atoms with Crippen LogP contribution in [0.5, 0.6) is 0 Å². The number of hydrogen-bond donors (Lipinski definition) is 1. The second-order valence-corrected chi connectivity index (χ2v) is 7.27. The first-order valence-electron chi connectivity index (χ1n) is 7.62. The first-order valence-corrected chi connectivity index (χ1v) is 9.15. The standard InChI is InChI=1S/C17H20ClN3OS/c1-12-3-5-16(20(12)2)17(22)19-13-4-6-15(14(18)11-13)21-7-9-23-10-8-21/h3-6,11H,7-10H2,1-2H3,(H,19,22). The van der Waals surface area contributed by atoms with E-state index in [1.54, 1.807) is 0 Å². The van der Waals surface area contributed by atoms with Crippen molar-refractivity contribution in [3.63, 3.8) is 0 Å². The summed E-state index contributed by atoms with van der Waals surface area (Å²) in [5.41, 5.74) is 3.44. The maximum Gasteiger partial charge on any atom is 0.272 e. The van der Waals surface area contributed by atoms with E-state index in [1.807, 2.05) is 60.6 Å². The quantitative estimate of drug-likeness (QED) is 0.916. The highest BCUT2D eigenvalue weighted by molar-refractivity contribution is 7.99. The molecular formula is C17H20ClN3OS. The van der Waals surface area contributed by atoms with E-state index in [0.29, 0.717) is 16.4 Å². The summed E-state index contributed by atoms with van der Waals surface area (Å²) >= 11 is 8.39. The Morgan fingerprint density at radius 2 is 1.96 bits per heavy atom. The van der Waals surface area contributed by atoms with Crippen LogP contribution < -0.4 is 10.2 Å². The lowest BCUT2D eigenvalue weighted by atomic mass is 10.2. The van der Waals surface area contributed by atoms with Gasteiger partial charge in [0.15, 0.2) is 0 Å². The molecule has 0 saturated carbocycles. The van der Waals surface area contributed by atoms with Crippen molar-refractivity contribution in [1.82, 2.24) is 4.57 Å². The van der Waals surface area contributed by atoms with Crippen molar-refractivity contribution in [2.24, 2.45) is 7.05 Å². The van der Waals surface area contributed by atoms with Crippen LogP contribution in [0.3, 0.4) is 0 Å². The largest absolute Gasteiger partial charge is 0.369 e. The lowest BCUT2D eigenvalue weighted by molar-refractivity contribution is 0.101. The average molecular weight is 350 g/mol. The molecule has 6 heteroatoms. The number of aryl methyl sites for hydroxylation is 1. The first kappa shape index (κ1) is 16.3. The van der Waals surface area contributed by atoms with E-state index in [0.717, 1.165) is 36.0 Å². The van der Waals surface area contributed by atoms with Gasteiger partial charge in [-0.15, -0.1) is 0 Å². The molecular weight excluding hydrogens is 330 g/mol. The van der Waals surface area contributed by atoms with Crippen molar-refractivity contribution < 1.29 is 4.79 Å². The summed E-state index contributed by atoms with van der Waals surface area (Å²) in [5.74, 6) is 2.13. The number of rotatable bonds is 3. The molecule has 23 heavy (non-hydrogen) atoms. The summed E-state index contributed by atoms with van der Waals surface area (Å²) < 4.78 is 1.87. The zero-order chi connectivity index (χ0) is 16.4. The van der Waals surface area contributed by atoms with Gasteiger partial charge >= 0.3 is 0 Å². The predicted molar refractivity (Wildman–Crippen MR) is 99.1 cm³/mol. The number of anilines is 2. The first-order chi connectivity index (χ1) is 11.1. The van der Waals surface area contributed by atoms with Gasteiger partial charge in [-0.3, -0.25) is 4.79 Å². The summed E-state index contributed by atoms with van der Waals surface area (Å²) in [7, 11) is 1.88. The number of halogens is 1. The molecule has 0 spiro atoms. The molecule has 122 valence electrons. The predicted octanol–water partition coefficient (Wildman–Crippen LogP) is 3.79. The molecule has 1 N–H and O–H groups in total. The average Bonchev–Trinajstić information content (AvgIpc) is 2.88. The molecule has 1 aliphatic heterocycles. The van der Waals surface area contributed by atoms with Gasteiger partial charge in [0.05, 0.1) is 10.7 Å². The summed E-state index contributed by atoms with van der Waals surface area (Å²) in [6.45, 7) is 4.00. The molecule has 0 unspecified atom stereocenters. The molecule has 2 heterocycles. The van der Waals surface area contributed by atoms with Crippen molar-refractivity contribution in [3.8, 4) is 0 Å². The van der Waals surface area contributed by atoms with Crippen LogP contribution in [0.2, 0.25) is 5.02 Å². The molecule has 0 bridgehead atoms. The Morgan fingerprint density at radius 3 is 2.57 bits per heavy atom. The molecule has 1 aromatic heterocycles. The molecule has 4 nitrogen and oxygen atoms in total. The van der Waals surface area contributed by atoms with Gasteiger partial charge in [-0.2, -0.15) is 11.8 Å². The fraction of sp³-hybridized carbons (Fsp3) is 0.353. The minimum atomic E-state index is -0.126. The highest BCUT2D eigenvalue weighted by Crippen LogP contribution is 2.30. The van der Waals surface area contributed by atoms with Gasteiger partial charge in [0.2, 0.25) is 0 Å². The lowest BCUT2D eigenvalue weighted by Gasteiger charge is -2.29. The Bertz CT molecular complexity index is 723. The maximum atomic E-state index is 12.4. The minimum absolute atomic E-state index is 0.126. The SMILES string of the molecule is Cc1ccc(C(=O)Nc2ccc(N3CCSCC3)c(Cl)c2)n1C. The van der Waals surface area contributed by atoms with E-state index in [4.69, 9.17) is 11.6 Å². The molecule has 0 radical (unpaired) electrons. The van der Waals surface area contributed by atoms with Crippen LogP contribution in [0, 0.1) is 6.92 Å². The van der Waals surface area contributed by atoms with Gasteiger partial charge in [0.1, 0.15) is 5.69 Å². The van der Waals surface area contributed by atoms with Gasteiger partial charge in [-0.05, 0) is 37.3 Å². The molecule has 1 saturated heterocycles. The number of carbonyl (C=O) groups excluding carboxylic acids is 1. The Morgan fingerprint density at radius 1 is 1.22 bits per heavy atom. The van der Waals surface area contributed by atoms with Crippen molar-refractivity contribution in [1.29, 1.82) is 0 Å². The number of amides is 1. The number of aromatic nitrogens is 1. The third-order valence-electron chi connectivity index (χ3n) is 4.16. The number of carbonyl (C=O) groups is 1. The topological polar surface area (TPSA) is 37.3 Å². The van der Waals surface area contributed by atoms with Gasteiger partial charge < -0.3 is 14.8 Å². The smallest absolute Gasteiger partial charge is 0.272 e. The minimum Gasteiger partial charge on any atom is -0.369 e. The van der Waals surface area contributed by atoms with E-state index in [-0.39, 0.29) is 5.91 Å². The van der Waals surface area contributed by atoms with E-state index >= 15 is 0 Å². The van der Waals surface area contributed by atoms with Crippen LogP contribution in [0.4, 0.5) is 11.4 Å². The maximum absolute atomic E-state index is 12.4. The van der Waals surface area contributed by atoms with Crippen molar-refractivity contribution >= 4 is 40.6 Å². The van der Waals surface area contributed by atoms with Crippen LogP contribution in [0.25, 0.3) is 0 Å². The van der Waals surface area contributed by atoms with Gasteiger partial charge in [-0.1, -0.05) is 11.6 Å². The lowest BCUT2D eigenvalue weighted by Crippen LogP contribution is -2.32. The normalized spacial score (nSPS) is 14.8. The molecule has 2 aromatic rings. The van der Waals surface area contributed by atoms with E-state index < -0.39 is 0 Å². The second-order valence-electron chi connectivity index (χ2n) is 5.64. The van der Waals surface area contributed by atoms with Crippen LogP contribution in [-0.4, -0.2) is 35.1 Å². The van der Waals surface area contributed by atoms with Crippen LogP contribution in [0.1, 0.15) is 16.2 Å². The second kappa shape index (κ2) is 6.89. The van der Waals surface area contributed by atoms with Crippen LogP contribution in [0.15, 0.2) is 30.3 Å². The number of nitrogens with zero attached hydrogens (tertiary/aromatic N) is 2. The van der Waals surface area contributed by atoms with Crippen molar-refractivity contribution in [3.05, 3.63) is 46.7 Å². The molecule has 1 amide bonds. The number of hydrogen-bond acceptors (Lipinski definition) is 3. The molecule has 1 aromatic carbocycles. The molecule has 1 aliphatic rings. The van der Waals surface area contributed by atoms with Gasteiger partial charge in [0.25, 0.3) is 5.91 Å². The van der Waals surface area contributed by atoms with Crippen LogP contribution in [-0.2, 0) is 7.05 Å². The number of thioether (sulfide) groups is 1. The Balaban J connectivity index is 1.75. The monoisotopic (exact) mass is 349 g/mol. The Hall–Kier alpha value is -1.59. The molecule has 0 atom stereocenters. The molecule has 3 rings (SSSR count). The molecule has 0 aliphatic carbocycles. The van der Waals surface area contributed by atoms with Crippen LogP contribution >= 0.6 is 23.4 Å². The van der Waals surface area contributed by atoms with E-state index in [2.05, 4.69) is 10.2 Å². The van der Waals surface area contributed by atoms with Crippen molar-refractivity contribution in [2.75, 3.05) is 34.8 Å². The fourth-order valence-corrected chi connectivity index (χ4v) is 3.88. The Labute approximate surface area is 145 Å². The highest BCUT2D eigenvalue weighted by atomic mass is 35.5. The van der Waals surface area contributed by atoms with E-state index in [1.165, 1.54) is 0 Å². The third kappa shape index (κ3) is 3.51. The summed E-state index contributed by atoms with van der Waals surface area (Å²) in [5, 5.41) is 3.59. The summed E-state index contributed by atoms with van der Waals surface area (Å²) in [6.07, 6.45) is 0. The van der Waals surface area contributed by atoms with Gasteiger partial charge in [0, 0.05) is 43.0 Å². The van der Waals surface area contributed by atoms with Gasteiger partial charge in [-0.25, -0.2) is 0 Å². The fourth-order valence-electron chi connectivity index (χ4n) is 2.68. The number of nitrogens with one attached hydrogen (secondary N) is 1. The zero-order valence-corrected chi connectivity index (χ0v) is 14.9. The Kier molecular flexibility index (Phi) is 4.87.